The van der Waals surface area contributed by atoms with Crippen molar-refractivity contribution in [3.8, 4) is 23.1 Å². The van der Waals surface area contributed by atoms with E-state index in [1.54, 1.807) is 30.0 Å². The summed E-state index contributed by atoms with van der Waals surface area (Å²) in [7, 11) is -1.82. The lowest BCUT2D eigenvalue weighted by Crippen LogP contribution is -2.25. The number of hydrogen-bond acceptors (Lipinski definition) is 6. The lowest BCUT2D eigenvalue weighted by atomic mass is 10.2. The van der Waals surface area contributed by atoms with Gasteiger partial charge in [0.1, 0.15) is 17.0 Å². The fourth-order valence-corrected chi connectivity index (χ4v) is 4.62. The number of rotatable bonds is 7. The summed E-state index contributed by atoms with van der Waals surface area (Å²) in [5.41, 5.74) is 1.77. The summed E-state index contributed by atoms with van der Waals surface area (Å²) in [5, 5.41) is 5.20. The fraction of sp³-hybridized carbons (Fsp3) is 0.286. The van der Waals surface area contributed by atoms with Gasteiger partial charge in [0, 0.05) is 11.8 Å². The minimum absolute atomic E-state index is 0.0518. The van der Waals surface area contributed by atoms with E-state index in [4.69, 9.17) is 13.9 Å². The molecular formula is C21H21F3N4O5S. The first-order valence-corrected chi connectivity index (χ1v) is 12.4. The van der Waals surface area contributed by atoms with Crippen LogP contribution in [-0.4, -0.2) is 57.0 Å². The molecule has 4 aromatic rings. The molecule has 1 aromatic carbocycles. The number of imidazole rings is 1. The van der Waals surface area contributed by atoms with Crippen LogP contribution in [0.3, 0.4) is 0 Å². The number of benzene rings is 1. The van der Waals surface area contributed by atoms with Gasteiger partial charge in [0.05, 0.1) is 25.3 Å². The zero-order valence-electron chi connectivity index (χ0n) is 18.1. The Kier molecular flexibility index (Phi) is 6.32. The molecule has 0 saturated carbocycles. The van der Waals surface area contributed by atoms with E-state index >= 15 is 0 Å². The molecular weight excluding hydrogens is 477 g/mol. The van der Waals surface area contributed by atoms with Crippen molar-refractivity contribution < 1.29 is 36.4 Å². The number of aromatic nitrogens is 3. The zero-order valence-corrected chi connectivity index (χ0v) is 19.0. The quantitative estimate of drug-likeness (QED) is 0.290. The molecule has 1 N–H and O–H groups in total. The summed E-state index contributed by atoms with van der Waals surface area (Å²) in [6.45, 7) is 0.0518. The van der Waals surface area contributed by atoms with Crippen LogP contribution in [0.4, 0.5) is 13.2 Å². The minimum Gasteiger partial charge on any atom is -0.496 e. The topological polar surface area (TPSA) is 111 Å². The van der Waals surface area contributed by atoms with Gasteiger partial charge in [0.15, 0.2) is 11.4 Å². The summed E-state index contributed by atoms with van der Waals surface area (Å²) in [6.07, 6.45) is -2.18. The average molecular weight is 498 g/mol. The number of ether oxygens (including phenoxy) is 2. The lowest BCUT2D eigenvalue weighted by molar-refractivity contribution is -0.169. The van der Waals surface area contributed by atoms with E-state index < -0.39 is 22.2 Å². The van der Waals surface area contributed by atoms with Crippen molar-refractivity contribution in [1.82, 2.24) is 14.6 Å². The van der Waals surface area contributed by atoms with E-state index in [9.17, 15) is 22.5 Å². The molecule has 182 valence electrons. The molecule has 0 fully saturated rings. The number of methoxy groups -OCH3 is 1. The van der Waals surface area contributed by atoms with Gasteiger partial charge in [-0.2, -0.15) is 17.5 Å². The molecule has 1 amide bonds. The largest absolute Gasteiger partial charge is 0.496 e. The number of nitrogens with zero attached hydrogens (tertiary/aromatic N) is 4. The van der Waals surface area contributed by atoms with Crippen LogP contribution >= 0.6 is 0 Å². The predicted molar refractivity (Wildman–Crippen MR) is 121 cm³/mol. The molecule has 0 aliphatic carbocycles. The molecule has 0 radical (unpaired) electrons. The summed E-state index contributed by atoms with van der Waals surface area (Å²) in [6, 6.07) is 10.6. The van der Waals surface area contributed by atoms with Crippen LogP contribution in [0.1, 0.15) is 6.42 Å². The first kappa shape index (κ1) is 23.7. The molecule has 0 atom stereocenters. The van der Waals surface area contributed by atoms with Crippen molar-refractivity contribution in [2.75, 3.05) is 25.7 Å². The summed E-state index contributed by atoms with van der Waals surface area (Å²) >= 11 is 0. The van der Waals surface area contributed by atoms with Crippen LogP contribution in [0.5, 0.6) is 11.6 Å². The fourth-order valence-electron chi connectivity index (χ4n) is 3.28. The summed E-state index contributed by atoms with van der Waals surface area (Å²) in [5.74, 6) is -0.959. The van der Waals surface area contributed by atoms with Crippen LogP contribution in [0.15, 0.2) is 51.4 Å². The van der Waals surface area contributed by atoms with Crippen LogP contribution in [0.2, 0.25) is 0 Å². The number of furan rings is 1. The van der Waals surface area contributed by atoms with E-state index in [-0.39, 0.29) is 24.7 Å². The second-order valence-corrected chi connectivity index (χ2v) is 10.3. The Hall–Kier alpha value is -3.45. The number of hydrogen-bond donors (Lipinski definition) is 2. The maximum Gasteiger partial charge on any atom is 0.474 e. The van der Waals surface area contributed by atoms with Gasteiger partial charge in [0.25, 0.3) is 0 Å². The van der Waals surface area contributed by atoms with Crippen LogP contribution in [0, 0.1) is 0 Å². The van der Waals surface area contributed by atoms with Crippen molar-refractivity contribution in [2.24, 2.45) is 4.36 Å². The van der Waals surface area contributed by atoms with Crippen LogP contribution in [-0.2, 0) is 14.9 Å². The highest BCUT2D eigenvalue weighted by Crippen LogP contribution is 2.33. The highest BCUT2D eigenvalue weighted by Gasteiger charge is 2.39. The summed E-state index contributed by atoms with van der Waals surface area (Å²) < 4.78 is 68.5. The molecule has 0 aliphatic heterocycles. The van der Waals surface area contributed by atoms with Crippen molar-refractivity contribution in [3.05, 3.63) is 42.6 Å². The van der Waals surface area contributed by atoms with E-state index in [1.807, 2.05) is 24.3 Å². The Morgan fingerprint density at radius 2 is 2.09 bits per heavy atom. The molecule has 0 aliphatic rings. The number of carbonyl (C=O) groups is 1. The molecule has 3 heterocycles. The SMILES string of the molecule is COc1cccc2oc(-c3cnc4ccc(OCCC[SH](C)(O)=NC(=O)C(F)(F)F)nn34)cc12. The number of alkyl halides is 3. The highest BCUT2D eigenvalue weighted by molar-refractivity contribution is 7.99. The smallest absolute Gasteiger partial charge is 0.474 e. The van der Waals surface area contributed by atoms with Crippen LogP contribution in [0.25, 0.3) is 28.1 Å². The number of halogens is 3. The summed E-state index contributed by atoms with van der Waals surface area (Å²) in [4.78, 5) is 15.3. The van der Waals surface area contributed by atoms with Gasteiger partial charge in [-0.3, -0.25) is 4.79 Å². The third-order valence-electron chi connectivity index (χ3n) is 4.86. The monoisotopic (exact) mass is 498 g/mol. The second-order valence-electron chi connectivity index (χ2n) is 7.48. The van der Waals surface area contributed by atoms with E-state index in [0.717, 1.165) is 11.6 Å². The van der Waals surface area contributed by atoms with E-state index in [1.165, 1.54) is 0 Å². The van der Waals surface area contributed by atoms with Crippen molar-refractivity contribution >= 4 is 32.6 Å². The van der Waals surface area contributed by atoms with Gasteiger partial charge in [-0.25, -0.2) is 9.50 Å². The van der Waals surface area contributed by atoms with Crippen molar-refractivity contribution in [2.45, 2.75) is 12.6 Å². The molecule has 3 aromatic heterocycles. The maximum absolute atomic E-state index is 12.4. The molecule has 9 nitrogen and oxygen atoms in total. The molecule has 0 saturated heterocycles. The van der Waals surface area contributed by atoms with Gasteiger partial charge in [-0.05, 0) is 36.9 Å². The molecule has 0 unspecified atom stereocenters. The third kappa shape index (κ3) is 5.04. The molecule has 4 rings (SSSR count). The van der Waals surface area contributed by atoms with E-state index in [2.05, 4.69) is 14.4 Å². The molecule has 13 heteroatoms. The van der Waals surface area contributed by atoms with Gasteiger partial charge >= 0.3 is 12.1 Å². The van der Waals surface area contributed by atoms with E-state index in [0.29, 0.717) is 28.4 Å². The molecule has 0 spiro atoms. The Bertz CT molecular complexity index is 1410. The predicted octanol–water partition coefficient (Wildman–Crippen LogP) is 4.18. The zero-order chi connectivity index (χ0) is 24.5. The maximum atomic E-state index is 12.4. The molecule has 34 heavy (non-hydrogen) atoms. The normalized spacial score (nSPS) is 12.8. The Labute approximate surface area is 192 Å². The highest BCUT2D eigenvalue weighted by atomic mass is 32.3. The van der Waals surface area contributed by atoms with Gasteiger partial charge < -0.3 is 18.4 Å². The Balaban J connectivity index is 1.48. The number of carbonyl (C=O) groups excluding carboxylic acids is 1. The first-order chi connectivity index (χ1) is 16.1. The van der Waals surface area contributed by atoms with Crippen LogP contribution < -0.4 is 9.47 Å². The average Bonchev–Trinajstić information content (AvgIpc) is 3.39. The molecule has 0 bridgehead atoms. The number of thiol groups is 1. The lowest BCUT2D eigenvalue weighted by Gasteiger charge is -2.18. The number of amides is 1. The van der Waals surface area contributed by atoms with Crippen molar-refractivity contribution in [3.63, 3.8) is 0 Å². The van der Waals surface area contributed by atoms with Gasteiger partial charge in [-0.1, -0.05) is 6.07 Å². The van der Waals surface area contributed by atoms with Crippen molar-refractivity contribution in [1.29, 1.82) is 0 Å². The Morgan fingerprint density at radius 3 is 2.82 bits per heavy atom. The van der Waals surface area contributed by atoms with Gasteiger partial charge in [0.2, 0.25) is 5.88 Å². The number of fused-ring (bicyclic) bond motifs is 2. The first-order valence-electron chi connectivity index (χ1n) is 10.0. The third-order valence-corrected chi connectivity index (χ3v) is 6.63. The minimum atomic E-state index is -5.10. The standard InChI is InChI=1S/C21H21F3N4O5S/c1-31-15-5-3-6-16-13(15)11-17(33-16)14-12-25-18-7-8-19(26-28(14)18)32-9-4-10-34(2,30)27-20(29)21(22,23)24/h3,5-8,11-12,34H,4,9-10H2,1-2H3,(H,27,29,30). The second kappa shape index (κ2) is 9.06. The Morgan fingerprint density at radius 1 is 1.29 bits per heavy atom. The van der Waals surface area contributed by atoms with Gasteiger partial charge in [-0.15, -0.1) is 15.2 Å².